The predicted octanol–water partition coefficient (Wildman–Crippen LogP) is 8.43. The van der Waals surface area contributed by atoms with E-state index in [2.05, 4.69) is 68.4 Å². The molecule has 0 amide bonds. The molecule has 5 heteroatoms. The van der Waals surface area contributed by atoms with E-state index in [-0.39, 0.29) is 0 Å². The summed E-state index contributed by atoms with van der Waals surface area (Å²) in [7, 11) is 9.87. The van der Waals surface area contributed by atoms with E-state index in [0.29, 0.717) is 11.7 Å². The molecule has 1 saturated carbocycles. The molecule has 1 aliphatic carbocycles. The summed E-state index contributed by atoms with van der Waals surface area (Å²) in [5.74, 6) is 1.02. The predicted molar refractivity (Wildman–Crippen MR) is 142 cm³/mol. The average molecular weight is 574 g/mol. The summed E-state index contributed by atoms with van der Waals surface area (Å²) in [5.41, 5.74) is 4.71. The van der Waals surface area contributed by atoms with Gasteiger partial charge in [0, 0.05) is 29.3 Å². The van der Waals surface area contributed by atoms with Gasteiger partial charge in [0.1, 0.15) is 5.75 Å². The molecule has 0 radical (unpaired) electrons. The molecule has 1 N–H and O–H groups in total. The third-order valence-corrected chi connectivity index (χ3v) is 6.84. The number of aliphatic imine (C=N–C) groups is 1. The van der Waals surface area contributed by atoms with Crippen LogP contribution in [0.15, 0.2) is 77.8 Å². The molecule has 1 aliphatic rings. The van der Waals surface area contributed by atoms with Crippen LogP contribution >= 0.6 is 17.0 Å². The van der Waals surface area contributed by atoms with Gasteiger partial charge in [-0.1, -0.05) is 86.0 Å². The molecule has 0 unspecified atom stereocenters. The van der Waals surface area contributed by atoms with Crippen LogP contribution in [0.4, 0.5) is 0 Å². The maximum absolute atomic E-state index is 11.4. The Balaban J connectivity index is 0.00000103. The van der Waals surface area contributed by atoms with Crippen molar-refractivity contribution in [1.82, 2.24) is 0 Å². The minimum atomic E-state index is -0.826. The van der Waals surface area contributed by atoms with E-state index in [0.717, 1.165) is 34.4 Å². The number of aromatic hydroxyl groups is 1. The van der Waals surface area contributed by atoms with Crippen molar-refractivity contribution in [2.75, 3.05) is 6.54 Å². The van der Waals surface area contributed by atoms with Crippen molar-refractivity contribution in [2.24, 2.45) is 10.9 Å². The zero-order valence-electron chi connectivity index (χ0n) is 20.0. The molecule has 0 aromatic heterocycles. The van der Waals surface area contributed by atoms with E-state index in [1.165, 1.54) is 32.1 Å². The topological polar surface area (TPSA) is 32.6 Å². The molecular formula is C29H33Cl2NOZr. The molecule has 3 aromatic carbocycles. The normalized spacial score (nSPS) is 14.5. The molecule has 0 bridgehead atoms. The molecule has 0 spiro atoms. The standard InChI is InChI=1S/C29H33NO.2ClH.Zr/c1-22-18-24(21-30-20-23-12-6-3-7-13-23)28(31)27(19-22)29(2,25-14-8-4-9-15-25)26-16-10-5-11-17-26;;;/h4-5,8-11,14-19,21,23,31H,3,6-7,12-13,20H2,1-2H3;2*1H;/q;;;+2/p-2. The Morgan fingerprint density at radius 2 is 1.47 bits per heavy atom. The first kappa shape index (κ1) is 27.2. The quantitative estimate of drug-likeness (QED) is 0.233. The number of phenols is 1. The van der Waals surface area contributed by atoms with Crippen LogP contribution in [-0.4, -0.2) is 17.9 Å². The van der Waals surface area contributed by atoms with Gasteiger partial charge in [0.05, 0.1) is 0 Å². The molecule has 2 nitrogen and oxygen atoms in total. The molecule has 0 heterocycles. The van der Waals surface area contributed by atoms with Crippen LogP contribution in [0.25, 0.3) is 0 Å². The number of hydrogen-bond donors (Lipinski definition) is 1. The van der Waals surface area contributed by atoms with Gasteiger partial charge in [0.25, 0.3) is 0 Å². The number of benzene rings is 3. The SMILES string of the molecule is Cc1cc(C=NCC2CCCCC2)c(O)c(C(C)(c2ccccc2)c2ccccc2)c1.[Cl][Zr][Cl]. The van der Waals surface area contributed by atoms with Crippen molar-refractivity contribution in [2.45, 2.75) is 51.4 Å². The van der Waals surface area contributed by atoms with E-state index in [1.807, 2.05) is 24.4 Å². The van der Waals surface area contributed by atoms with Crippen molar-refractivity contribution in [3.63, 3.8) is 0 Å². The number of rotatable bonds is 6. The molecule has 0 atom stereocenters. The Labute approximate surface area is 223 Å². The fourth-order valence-corrected chi connectivity index (χ4v) is 4.98. The fraction of sp³-hybridized carbons (Fsp3) is 0.345. The van der Waals surface area contributed by atoms with Crippen molar-refractivity contribution >= 4 is 23.2 Å². The molecule has 1 fully saturated rings. The second-order valence-corrected chi connectivity index (χ2v) is 12.9. The Kier molecular flexibility index (Phi) is 10.9. The van der Waals surface area contributed by atoms with Crippen LogP contribution in [0.1, 0.15) is 66.8 Å². The zero-order valence-corrected chi connectivity index (χ0v) is 23.9. The minimum absolute atomic E-state index is 0.327. The van der Waals surface area contributed by atoms with Crippen LogP contribution in [0.2, 0.25) is 0 Å². The molecule has 0 saturated heterocycles. The summed E-state index contributed by atoms with van der Waals surface area (Å²) < 4.78 is 0. The van der Waals surface area contributed by atoms with Gasteiger partial charge in [0.15, 0.2) is 0 Å². The van der Waals surface area contributed by atoms with E-state index in [9.17, 15) is 5.11 Å². The first-order valence-electron chi connectivity index (χ1n) is 11.9. The van der Waals surface area contributed by atoms with E-state index in [1.54, 1.807) is 0 Å². The summed E-state index contributed by atoms with van der Waals surface area (Å²) in [6, 6.07) is 25.1. The van der Waals surface area contributed by atoms with Crippen molar-refractivity contribution in [3.05, 3.63) is 101 Å². The van der Waals surface area contributed by atoms with Gasteiger partial charge in [-0.15, -0.1) is 0 Å². The van der Waals surface area contributed by atoms with Crippen molar-refractivity contribution in [3.8, 4) is 5.75 Å². The molecule has 178 valence electrons. The van der Waals surface area contributed by atoms with Crippen LogP contribution in [0, 0.1) is 12.8 Å². The molecule has 3 aromatic rings. The van der Waals surface area contributed by atoms with Crippen LogP contribution < -0.4 is 0 Å². The fourth-order valence-electron chi connectivity index (χ4n) is 4.98. The zero-order chi connectivity index (χ0) is 24.4. The summed E-state index contributed by atoms with van der Waals surface area (Å²) in [6.07, 6.45) is 8.46. The van der Waals surface area contributed by atoms with Gasteiger partial charge in [-0.05, 0) is 55.4 Å². The van der Waals surface area contributed by atoms with Crippen LogP contribution in [0.5, 0.6) is 5.75 Å². The first-order valence-corrected chi connectivity index (χ1v) is 18.2. The second-order valence-electron chi connectivity index (χ2n) is 9.18. The number of aryl methyl sites for hydroxylation is 1. The summed E-state index contributed by atoms with van der Waals surface area (Å²) in [6.45, 7) is 5.16. The van der Waals surface area contributed by atoms with Gasteiger partial charge >= 0.3 is 37.9 Å². The van der Waals surface area contributed by atoms with E-state index < -0.39 is 26.3 Å². The van der Waals surface area contributed by atoms with Gasteiger partial charge in [-0.3, -0.25) is 4.99 Å². The molecule has 4 rings (SSSR count). The van der Waals surface area contributed by atoms with E-state index >= 15 is 0 Å². The summed E-state index contributed by atoms with van der Waals surface area (Å²) >= 11 is -0.826. The Hall–Kier alpha value is -1.41. The third kappa shape index (κ3) is 6.84. The van der Waals surface area contributed by atoms with Gasteiger partial charge in [0.2, 0.25) is 0 Å². The summed E-state index contributed by atoms with van der Waals surface area (Å²) in [5, 5.41) is 11.4. The first-order chi connectivity index (χ1) is 16.5. The second kappa shape index (κ2) is 13.6. The average Bonchev–Trinajstić information content (AvgIpc) is 2.87. The van der Waals surface area contributed by atoms with Crippen LogP contribution in [-0.2, 0) is 26.3 Å². The third-order valence-electron chi connectivity index (χ3n) is 6.84. The monoisotopic (exact) mass is 571 g/mol. The maximum atomic E-state index is 11.4. The van der Waals surface area contributed by atoms with Gasteiger partial charge in [-0.2, -0.15) is 0 Å². The van der Waals surface area contributed by atoms with Gasteiger partial charge < -0.3 is 5.11 Å². The molecule has 0 aliphatic heterocycles. The Bertz CT molecular complexity index is 1010. The number of hydrogen-bond acceptors (Lipinski definition) is 2. The van der Waals surface area contributed by atoms with Crippen LogP contribution in [0.3, 0.4) is 0 Å². The Morgan fingerprint density at radius 3 is 2.00 bits per heavy atom. The molecule has 34 heavy (non-hydrogen) atoms. The van der Waals surface area contributed by atoms with E-state index in [4.69, 9.17) is 22.0 Å². The van der Waals surface area contributed by atoms with Gasteiger partial charge in [-0.25, -0.2) is 0 Å². The van der Waals surface area contributed by atoms with Crippen molar-refractivity contribution < 1.29 is 26.0 Å². The number of halogens is 2. The number of nitrogens with zero attached hydrogens (tertiary/aromatic N) is 1. The Morgan fingerprint density at radius 1 is 0.941 bits per heavy atom. The van der Waals surface area contributed by atoms with Crippen molar-refractivity contribution in [1.29, 1.82) is 0 Å². The number of phenolic OH excluding ortho intramolecular Hbond substituents is 1. The summed E-state index contributed by atoms with van der Waals surface area (Å²) in [4.78, 5) is 4.75. The molecular weight excluding hydrogens is 540 g/mol.